The van der Waals surface area contributed by atoms with Crippen LogP contribution in [0.15, 0.2) is 30.5 Å². The smallest absolute Gasteiger partial charge is 0.161 e. The van der Waals surface area contributed by atoms with Gasteiger partial charge in [-0.3, -0.25) is 4.98 Å². The third-order valence-electron chi connectivity index (χ3n) is 2.59. The quantitative estimate of drug-likeness (QED) is 0.820. The number of aromatic hydroxyl groups is 1. The molecule has 2 rings (SSSR count). The highest BCUT2D eigenvalue weighted by atomic mass is 35.5. The topological polar surface area (TPSA) is 42.4 Å². The predicted molar refractivity (Wildman–Crippen MR) is 82.2 cm³/mol. The van der Waals surface area contributed by atoms with Gasteiger partial charge in [-0.1, -0.05) is 23.2 Å². The second kappa shape index (κ2) is 6.53. The zero-order valence-electron chi connectivity index (χ0n) is 10.6. The van der Waals surface area contributed by atoms with Crippen LogP contribution in [0.5, 0.6) is 11.5 Å². The van der Waals surface area contributed by atoms with E-state index in [1.54, 1.807) is 24.3 Å². The maximum absolute atomic E-state index is 9.98. The van der Waals surface area contributed by atoms with Crippen LogP contribution in [0.2, 0.25) is 10.0 Å². The van der Waals surface area contributed by atoms with Crippen molar-refractivity contribution in [2.24, 2.45) is 0 Å². The summed E-state index contributed by atoms with van der Waals surface area (Å²) in [5, 5.41) is 10.9. The Bertz CT molecular complexity index is 619. The molecule has 0 saturated carbocycles. The van der Waals surface area contributed by atoms with Gasteiger partial charge in [0.05, 0.1) is 21.6 Å². The summed E-state index contributed by atoms with van der Waals surface area (Å²) >= 11 is 17.6. The third-order valence-corrected chi connectivity index (χ3v) is 3.52. The summed E-state index contributed by atoms with van der Waals surface area (Å²) < 4.78 is 5.48. The molecule has 0 aliphatic heterocycles. The fourth-order valence-corrected chi connectivity index (χ4v) is 2.19. The number of aromatic nitrogens is 1. The van der Waals surface area contributed by atoms with Gasteiger partial charge in [-0.2, -0.15) is 0 Å². The predicted octanol–water partition coefficient (Wildman–Crippen LogP) is 4.77. The van der Waals surface area contributed by atoms with Crippen LogP contribution in [0, 0.1) is 0 Å². The molecule has 2 aromatic rings. The molecule has 106 valence electrons. The first kappa shape index (κ1) is 15.2. The van der Waals surface area contributed by atoms with Crippen molar-refractivity contribution in [2.45, 2.75) is 13.0 Å². The van der Waals surface area contributed by atoms with E-state index in [-0.39, 0.29) is 11.9 Å². The van der Waals surface area contributed by atoms with E-state index in [0.29, 0.717) is 32.9 Å². The summed E-state index contributed by atoms with van der Waals surface area (Å²) in [4.78, 5) is 4.16. The lowest BCUT2D eigenvalue weighted by Gasteiger charge is -2.14. The molecule has 0 bridgehead atoms. The Morgan fingerprint density at radius 2 is 2.05 bits per heavy atom. The van der Waals surface area contributed by atoms with Crippen LogP contribution < -0.4 is 4.74 Å². The molecule has 0 radical (unpaired) electrons. The SMILES string of the molecule is CC(CCl)Oc1ccc(-c2ncc(Cl)cc2Cl)cc1O. The van der Waals surface area contributed by atoms with Crippen molar-refractivity contribution in [1.82, 2.24) is 4.98 Å². The second-order valence-electron chi connectivity index (χ2n) is 4.25. The molecule has 3 nitrogen and oxygen atoms in total. The van der Waals surface area contributed by atoms with E-state index in [4.69, 9.17) is 39.5 Å². The molecule has 6 heteroatoms. The van der Waals surface area contributed by atoms with Gasteiger partial charge < -0.3 is 9.84 Å². The van der Waals surface area contributed by atoms with E-state index >= 15 is 0 Å². The minimum atomic E-state index is -0.189. The first-order valence-electron chi connectivity index (χ1n) is 5.88. The fraction of sp³-hybridized carbons (Fsp3) is 0.214. The lowest BCUT2D eigenvalue weighted by Crippen LogP contribution is -2.13. The Morgan fingerprint density at radius 3 is 2.65 bits per heavy atom. The molecule has 1 aromatic carbocycles. The molecule has 1 atom stereocenters. The Kier molecular flexibility index (Phi) is 4.97. The second-order valence-corrected chi connectivity index (χ2v) is 5.40. The van der Waals surface area contributed by atoms with E-state index in [0.717, 1.165) is 0 Å². The average molecular weight is 333 g/mol. The molecule has 1 N–H and O–H groups in total. The van der Waals surface area contributed by atoms with E-state index in [9.17, 15) is 5.11 Å². The van der Waals surface area contributed by atoms with E-state index in [2.05, 4.69) is 4.98 Å². The number of nitrogens with zero attached hydrogens (tertiary/aromatic N) is 1. The number of ether oxygens (including phenoxy) is 1. The van der Waals surface area contributed by atoms with Gasteiger partial charge >= 0.3 is 0 Å². The summed E-state index contributed by atoms with van der Waals surface area (Å²) in [6.07, 6.45) is 1.31. The number of rotatable bonds is 4. The number of pyridine rings is 1. The lowest BCUT2D eigenvalue weighted by molar-refractivity contribution is 0.235. The van der Waals surface area contributed by atoms with Crippen LogP contribution in [0.25, 0.3) is 11.3 Å². The number of benzene rings is 1. The zero-order chi connectivity index (χ0) is 14.7. The Balaban J connectivity index is 2.33. The minimum Gasteiger partial charge on any atom is -0.504 e. The van der Waals surface area contributed by atoms with Crippen LogP contribution in [0.4, 0.5) is 0 Å². The lowest BCUT2D eigenvalue weighted by atomic mass is 10.1. The molecule has 1 aromatic heterocycles. The highest BCUT2D eigenvalue weighted by Crippen LogP contribution is 2.34. The molecular weight excluding hydrogens is 321 g/mol. The van der Waals surface area contributed by atoms with Gasteiger partial charge in [0.15, 0.2) is 11.5 Å². The van der Waals surface area contributed by atoms with Gasteiger partial charge in [-0.05, 0) is 31.2 Å². The zero-order valence-corrected chi connectivity index (χ0v) is 12.9. The molecule has 1 unspecified atom stereocenters. The monoisotopic (exact) mass is 331 g/mol. The van der Waals surface area contributed by atoms with Crippen molar-refractivity contribution in [3.63, 3.8) is 0 Å². The number of phenols is 1. The third kappa shape index (κ3) is 3.48. The molecule has 0 fully saturated rings. The van der Waals surface area contributed by atoms with Crippen LogP contribution in [0.1, 0.15) is 6.92 Å². The van der Waals surface area contributed by atoms with Gasteiger partial charge in [-0.15, -0.1) is 11.6 Å². The van der Waals surface area contributed by atoms with Crippen molar-refractivity contribution >= 4 is 34.8 Å². The number of alkyl halides is 1. The van der Waals surface area contributed by atoms with E-state index in [1.807, 2.05) is 6.92 Å². The summed E-state index contributed by atoms with van der Waals surface area (Å²) in [7, 11) is 0. The summed E-state index contributed by atoms with van der Waals surface area (Å²) in [6, 6.07) is 6.55. The van der Waals surface area contributed by atoms with Crippen molar-refractivity contribution in [3.8, 4) is 22.8 Å². The average Bonchev–Trinajstić information content (AvgIpc) is 2.41. The maximum Gasteiger partial charge on any atom is 0.161 e. The first-order chi connectivity index (χ1) is 9.51. The Hall–Kier alpha value is -1.16. The molecule has 0 aliphatic carbocycles. The Morgan fingerprint density at radius 1 is 1.30 bits per heavy atom. The summed E-state index contributed by atoms with van der Waals surface area (Å²) in [6.45, 7) is 1.82. The molecule has 0 aliphatic rings. The standard InChI is InChI=1S/C14H12Cl3NO2/c1-8(6-15)20-13-3-2-9(4-12(13)19)14-11(17)5-10(16)7-18-14/h2-5,7-8,19H,6H2,1H3. The molecular formula is C14H12Cl3NO2. The van der Waals surface area contributed by atoms with Gasteiger partial charge in [0, 0.05) is 11.8 Å². The molecule has 0 spiro atoms. The molecule has 0 saturated heterocycles. The normalized spacial score (nSPS) is 12.2. The number of halogens is 3. The highest BCUT2D eigenvalue weighted by molar-refractivity contribution is 6.36. The van der Waals surface area contributed by atoms with Gasteiger partial charge in [0.2, 0.25) is 0 Å². The van der Waals surface area contributed by atoms with Crippen LogP contribution in [-0.4, -0.2) is 22.1 Å². The van der Waals surface area contributed by atoms with Gasteiger partial charge in [0.25, 0.3) is 0 Å². The van der Waals surface area contributed by atoms with Crippen LogP contribution in [0.3, 0.4) is 0 Å². The highest BCUT2D eigenvalue weighted by Gasteiger charge is 2.11. The number of hydrogen-bond donors (Lipinski definition) is 1. The molecule has 20 heavy (non-hydrogen) atoms. The Labute approximate surface area is 132 Å². The van der Waals surface area contributed by atoms with Crippen LogP contribution in [-0.2, 0) is 0 Å². The molecule has 1 heterocycles. The van der Waals surface area contributed by atoms with E-state index in [1.165, 1.54) is 6.20 Å². The largest absolute Gasteiger partial charge is 0.504 e. The van der Waals surface area contributed by atoms with Crippen molar-refractivity contribution in [2.75, 3.05) is 5.88 Å². The van der Waals surface area contributed by atoms with Crippen molar-refractivity contribution in [1.29, 1.82) is 0 Å². The summed E-state index contributed by atoms with van der Waals surface area (Å²) in [5.74, 6) is 0.713. The number of phenolic OH excluding ortho intramolecular Hbond substituents is 1. The maximum atomic E-state index is 9.98. The first-order valence-corrected chi connectivity index (χ1v) is 7.17. The molecule has 0 amide bonds. The van der Waals surface area contributed by atoms with Gasteiger partial charge in [-0.25, -0.2) is 0 Å². The van der Waals surface area contributed by atoms with Crippen molar-refractivity contribution < 1.29 is 9.84 Å². The summed E-state index contributed by atoms with van der Waals surface area (Å²) in [5.41, 5.74) is 1.22. The minimum absolute atomic E-state index is 0.00674. The van der Waals surface area contributed by atoms with Gasteiger partial charge in [0.1, 0.15) is 6.10 Å². The van der Waals surface area contributed by atoms with Crippen LogP contribution >= 0.6 is 34.8 Å². The van der Waals surface area contributed by atoms with Crippen molar-refractivity contribution in [3.05, 3.63) is 40.5 Å². The number of hydrogen-bond acceptors (Lipinski definition) is 3. The van der Waals surface area contributed by atoms with E-state index < -0.39 is 0 Å². The fourth-order valence-electron chi connectivity index (χ4n) is 1.64.